The maximum atomic E-state index is 14.5. The summed E-state index contributed by atoms with van der Waals surface area (Å²) in [5.74, 6) is -0.670. The molecule has 3 heterocycles. The van der Waals surface area contributed by atoms with Gasteiger partial charge in [0.25, 0.3) is 5.72 Å². The van der Waals surface area contributed by atoms with E-state index in [9.17, 15) is 13.9 Å². The molecule has 2 aromatic carbocycles. The third kappa shape index (κ3) is 4.07. The highest BCUT2D eigenvalue weighted by Crippen LogP contribution is 2.47. The number of piperidine rings is 1. The quantitative estimate of drug-likeness (QED) is 0.512. The first-order valence-electron chi connectivity index (χ1n) is 12.2. The normalized spacial score (nSPS) is 20.6. The maximum absolute atomic E-state index is 14.5. The number of aliphatic hydroxyl groups is 1. The number of rotatable bonds is 5. The number of ether oxygens (including phenoxy) is 1. The molecule has 37 heavy (non-hydrogen) atoms. The van der Waals surface area contributed by atoms with Crippen LogP contribution < -0.4 is 4.74 Å². The molecule has 1 fully saturated rings. The van der Waals surface area contributed by atoms with Gasteiger partial charge in [0.15, 0.2) is 17.5 Å². The van der Waals surface area contributed by atoms with Crippen LogP contribution >= 0.6 is 0 Å². The Labute approximate surface area is 214 Å². The number of oxime groups is 1. The lowest BCUT2D eigenvalue weighted by molar-refractivity contribution is -0.220. The zero-order valence-electron chi connectivity index (χ0n) is 21.5. The number of hydrogen-bond donors (Lipinski definition) is 1. The Morgan fingerprint density at radius 3 is 2.62 bits per heavy atom. The second kappa shape index (κ2) is 8.99. The highest BCUT2D eigenvalue weighted by Gasteiger charge is 2.59. The molecule has 5 rings (SSSR count). The van der Waals surface area contributed by atoms with E-state index in [2.05, 4.69) is 10.1 Å². The second-order valence-corrected chi connectivity index (χ2v) is 10.1. The lowest BCUT2D eigenvalue weighted by Crippen LogP contribution is -2.60. The number of imidazole rings is 1. The van der Waals surface area contributed by atoms with Gasteiger partial charge in [-0.3, -0.25) is 0 Å². The molecule has 3 aromatic rings. The number of aryl methyl sites for hydroxylation is 2. The summed E-state index contributed by atoms with van der Waals surface area (Å²) in [6, 6.07) is 8.48. The number of methoxy groups -OCH3 is 1. The molecule has 194 valence electrons. The zero-order valence-corrected chi connectivity index (χ0v) is 21.5. The van der Waals surface area contributed by atoms with Crippen LogP contribution in [0.5, 0.6) is 5.75 Å². The summed E-state index contributed by atoms with van der Waals surface area (Å²) >= 11 is 0. The monoisotopic (exact) mass is 508 g/mol. The van der Waals surface area contributed by atoms with E-state index in [0.29, 0.717) is 23.7 Å². The van der Waals surface area contributed by atoms with E-state index in [1.54, 1.807) is 27.3 Å². The molecular weight excluding hydrogens is 478 g/mol. The van der Waals surface area contributed by atoms with E-state index in [0.717, 1.165) is 41.4 Å². The summed E-state index contributed by atoms with van der Waals surface area (Å²) in [6.45, 7) is 7.11. The zero-order chi connectivity index (χ0) is 26.5. The fraction of sp³-hybridized carbons (Fsp3) is 0.357. The van der Waals surface area contributed by atoms with Gasteiger partial charge in [-0.1, -0.05) is 11.2 Å². The molecule has 0 spiro atoms. The number of halogens is 2. The van der Waals surface area contributed by atoms with Gasteiger partial charge in [0.2, 0.25) is 0 Å². The number of amidine groups is 1. The highest BCUT2D eigenvalue weighted by atomic mass is 19.2. The summed E-state index contributed by atoms with van der Waals surface area (Å²) in [7, 11) is 1.62. The van der Waals surface area contributed by atoms with Crippen molar-refractivity contribution in [1.82, 2.24) is 14.5 Å². The molecule has 2 aliphatic rings. The molecule has 9 heteroatoms. The summed E-state index contributed by atoms with van der Waals surface area (Å²) < 4.78 is 36.1. The Hall–Kier alpha value is -3.72. The van der Waals surface area contributed by atoms with Crippen LogP contribution in [0.2, 0.25) is 0 Å². The topological polar surface area (TPSA) is 72.1 Å². The van der Waals surface area contributed by atoms with Crippen molar-refractivity contribution in [1.29, 1.82) is 0 Å². The molecule has 1 saturated heterocycles. The standard InChI is InChI=1S/C28H30F2N4O3/c1-17-11-21(14-22(29)25(17)30)28(27(3,4)35)34-10-6-7-20(26(34)32-37-28)12-19-8-9-23(24(13-19)36-5)33-15-18(2)31-16-33/h8-9,11-16,35H,6-7,10H2,1-5H3/b20-12+. The Balaban J connectivity index is 1.54. The van der Waals surface area contributed by atoms with Crippen LogP contribution in [0.4, 0.5) is 8.78 Å². The number of nitrogens with zero attached hydrogens (tertiary/aromatic N) is 4. The van der Waals surface area contributed by atoms with Gasteiger partial charge in [-0.05, 0) is 87.6 Å². The molecule has 0 radical (unpaired) electrons. The predicted molar refractivity (Wildman–Crippen MR) is 136 cm³/mol. The van der Waals surface area contributed by atoms with Crippen LogP contribution in [0, 0.1) is 25.5 Å². The third-order valence-electron chi connectivity index (χ3n) is 6.98. The summed E-state index contributed by atoms with van der Waals surface area (Å²) in [6.07, 6.45) is 7.18. The van der Waals surface area contributed by atoms with Crippen LogP contribution in [-0.4, -0.2) is 44.6 Å². The summed E-state index contributed by atoms with van der Waals surface area (Å²) in [5.41, 5.74) is 1.01. The van der Waals surface area contributed by atoms with E-state index in [4.69, 9.17) is 9.57 Å². The van der Waals surface area contributed by atoms with Crippen molar-refractivity contribution < 1.29 is 23.5 Å². The molecule has 0 bridgehead atoms. The first kappa shape index (κ1) is 25.0. The van der Waals surface area contributed by atoms with Crippen molar-refractivity contribution in [2.45, 2.75) is 51.9 Å². The van der Waals surface area contributed by atoms with E-state index in [-0.39, 0.29) is 5.56 Å². The molecule has 7 nitrogen and oxygen atoms in total. The summed E-state index contributed by atoms with van der Waals surface area (Å²) in [4.78, 5) is 12.1. The van der Waals surface area contributed by atoms with Crippen LogP contribution in [0.1, 0.15) is 49.1 Å². The molecule has 0 saturated carbocycles. The van der Waals surface area contributed by atoms with Crippen molar-refractivity contribution in [2.24, 2.45) is 5.16 Å². The number of fused-ring (bicyclic) bond motifs is 1. The average molecular weight is 509 g/mol. The SMILES string of the molecule is COc1cc(/C=C2\CCCN3C2=NOC3(c2cc(C)c(F)c(F)c2)C(C)(C)O)ccc1-n1cnc(C)c1. The number of aromatic nitrogens is 2. The van der Waals surface area contributed by atoms with Gasteiger partial charge >= 0.3 is 0 Å². The van der Waals surface area contributed by atoms with E-state index < -0.39 is 23.0 Å². The average Bonchev–Trinajstić information content (AvgIpc) is 3.47. The van der Waals surface area contributed by atoms with Gasteiger partial charge in [0.1, 0.15) is 11.4 Å². The Morgan fingerprint density at radius 1 is 1.19 bits per heavy atom. The van der Waals surface area contributed by atoms with Gasteiger partial charge in [-0.2, -0.15) is 0 Å². The van der Waals surface area contributed by atoms with Crippen molar-refractivity contribution in [3.8, 4) is 11.4 Å². The van der Waals surface area contributed by atoms with Crippen molar-refractivity contribution >= 4 is 11.9 Å². The van der Waals surface area contributed by atoms with Crippen LogP contribution in [0.15, 0.2) is 53.6 Å². The lowest BCUT2D eigenvalue weighted by Gasteiger charge is -2.46. The molecule has 1 N–H and O–H groups in total. The Bertz CT molecular complexity index is 1400. The number of benzene rings is 2. The Kier molecular flexibility index (Phi) is 6.06. The van der Waals surface area contributed by atoms with Gasteiger partial charge < -0.3 is 24.1 Å². The highest BCUT2D eigenvalue weighted by molar-refractivity contribution is 6.03. The molecular formula is C28H30F2N4O3. The first-order valence-corrected chi connectivity index (χ1v) is 12.2. The van der Waals surface area contributed by atoms with Gasteiger partial charge in [-0.15, -0.1) is 0 Å². The third-order valence-corrected chi connectivity index (χ3v) is 6.98. The smallest absolute Gasteiger partial charge is 0.265 e. The van der Waals surface area contributed by atoms with Crippen molar-refractivity contribution in [3.63, 3.8) is 0 Å². The maximum Gasteiger partial charge on any atom is 0.265 e. The number of hydrogen-bond acceptors (Lipinski definition) is 6. The molecule has 1 atom stereocenters. The molecule has 0 amide bonds. The summed E-state index contributed by atoms with van der Waals surface area (Å²) in [5, 5.41) is 15.7. The van der Waals surface area contributed by atoms with Crippen LogP contribution in [-0.2, 0) is 10.6 Å². The largest absolute Gasteiger partial charge is 0.495 e. The van der Waals surface area contributed by atoms with Crippen molar-refractivity contribution in [2.75, 3.05) is 13.7 Å². The fourth-order valence-electron chi connectivity index (χ4n) is 5.21. The van der Waals surface area contributed by atoms with Crippen molar-refractivity contribution in [3.05, 3.63) is 82.4 Å². The molecule has 1 aromatic heterocycles. The molecule has 2 aliphatic heterocycles. The van der Waals surface area contributed by atoms with E-state index in [1.807, 2.05) is 46.9 Å². The van der Waals surface area contributed by atoms with E-state index >= 15 is 0 Å². The molecule has 1 unspecified atom stereocenters. The lowest BCUT2D eigenvalue weighted by atomic mass is 9.83. The predicted octanol–water partition coefficient (Wildman–Crippen LogP) is 5.22. The minimum absolute atomic E-state index is 0.128. The van der Waals surface area contributed by atoms with Gasteiger partial charge in [0, 0.05) is 18.3 Å². The van der Waals surface area contributed by atoms with E-state index in [1.165, 1.54) is 13.0 Å². The second-order valence-electron chi connectivity index (χ2n) is 10.1. The Morgan fingerprint density at radius 2 is 1.97 bits per heavy atom. The molecule has 0 aliphatic carbocycles. The van der Waals surface area contributed by atoms with Crippen LogP contribution in [0.25, 0.3) is 11.8 Å². The van der Waals surface area contributed by atoms with Gasteiger partial charge in [0.05, 0.1) is 24.8 Å². The minimum atomic E-state index is -1.51. The minimum Gasteiger partial charge on any atom is -0.495 e. The van der Waals surface area contributed by atoms with Gasteiger partial charge in [-0.25, -0.2) is 13.8 Å². The first-order chi connectivity index (χ1) is 17.5. The fourth-order valence-corrected chi connectivity index (χ4v) is 5.21. The van der Waals surface area contributed by atoms with Crippen LogP contribution in [0.3, 0.4) is 0 Å².